The molecule has 1 aromatic rings. The van der Waals surface area contributed by atoms with Gasteiger partial charge in [-0.2, -0.15) is 10.2 Å². The fourth-order valence-corrected chi connectivity index (χ4v) is 2.26. The van der Waals surface area contributed by atoms with Crippen LogP contribution in [-0.4, -0.2) is 15.3 Å². The maximum atomic E-state index is 9.78. The second-order valence-corrected chi connectivity index (χ2v) is 4.52. The summed E-state index contributed by atoms with van der Waals surface area (Å²) in [6.45, 7) is 8.22. The Labute approximate surface area is 104 Å². The Morgan fingerprint density at radius 1 is 1.00 bits per heavy atom. The van der Waals surface area contributed by atoms with Crippen molar-refractivity contribution >= 4 is 0 Å². The first-order valence-electron chi connectivity index (χ1n) is 6.70. The molecule has 1 N–H and O–H groups in total. The van der Waals surface area contributed by atoms with E-state index in [-0.39, 0.29) is 0 Å². The molecule has 0 fully saturated rings. The van der Waals surface area contributed by atoms with Crippen molar-refractivity contribution in [2.24, 2.45) is 0 Å². The minimum absolute atomic E-state index is 0.523. The van der Waals surface area contributed by atoms with Crippen molar-refractivity contribution in [3.63, 3.8) is 0 Å². The maximum absolute atomic E-state index is 9.78. The van der Waals surface area contributed by atoms with Gasteiger partial charge in [0.25, 0.3) is 0 Å². The topological polar surface area (TPSA) is 46.0 Å². The zero-order valence-electron chi connectivity index (χ0n) is 11.5. The van der Waals surface area contributed by atoms with Crippen LogP contribution in [0.15, 0.2) is 0 Å². The number of nitrogens with zero attached hydrogens (tertiary/aromatic N) is 2. The van der Waals surface area contributed by atoms with Gasteiger partial charge in [-0.15, -0.1) is 0 Å². The molecular formula is C14H24N2O. The molecule has 1 rings (SSSR count). The van der Waals surface area contributed by atoms with Crippen LogP contribution in [-0.2, 0) is 19.3 Å². The van der Waals surface area contributed by atoms with Crippen LogP contribution in [0.1, 0.15) is 69.2 Å². The zero-order chi connectivity index (χ0) is 12.8. The van der Waals surface area contributed by atoms with Crippen molar-refractivity contribution in [1.29, 1.82) is 0 Å². The Kier molecular flexibility index (Phi) is 5.56. The van der Waals surface area contributed by atoms with E-state index in [1.54, 1.807) is 6.92 Å². The Morgan fingerprint density at radius 2 is 1.59 bits per heavy atom. The first-order valence-corrected chi connectivity index (χ1v) is 6.70. The summed E-state index contributed by atoms with van der Waals surface area (Å²) in [5, 5.41) is 18.3. The Bertz CT molecular complexity index is 361. The molecule has 1 heterocycles. The summed E-state index contributed by atoms with van der Waals surface area (Å²) in [4.78, 5) is 0. The average molecular weight is 236 g/mol. The Balaban J connectivity index is 3.30. The molecule has 1 atom stereocenters. The molecule has 17 heavy (non-hydrogen) atoms. The lowest BCUT2D eigenvalue weighted by molar-refractivity contribution is 0.191. The van der Waals surface area contributed by atoms with E-state index in [1.165, 1.54) is 11.1 Å². The van der Waals surface area contributed by atoms with Gasteiger partial charge in [0.1, 0.15) is 0 Å². The lowest BCUT2D eigenvalue weighted by Crippen LogP contribution is -2.12. The standard InChI is InChI=1S/C14H24N2O/c1-5-8-11-12(9-6-2)14(10(4)17)16-15-13(11)7-3/h10,17H,5-9H2,1-4H3. The van der Waals surface area contributed by atoms with E-state index in [0.29, 0.717) is 0 Å². The van der Waals surface area contributed by atoms with Gasteiger partial charge in [-0.25, -0.2) is 0 Å². The van der Waals surface area contributed by atoms with Crippen LogP contribution in [0, 0.1) is 0 Å². The molecule has 3 nitrogen and oxygen atoms in total. The molecule has 0 amide bonds. The summed E-state index contributed by atoms with van der Waals surface area (Å²) < 4.78 is 0. The molecule has 96 valence electrons. The highest BCUT2D eigenvalue weighted by molar-refractivity contribution is 5.34. The first kappa shape index (κ1) is 14.1. The van der Waals surface area contributed by atoms with Gasteiger partial charge in [0.05, 0.1) is 17.5 Å². The predicted octanol–water partition coefficient (Wildman–Crippen LogP) is 3.00. The van der Waals surface area contributed by atoms with Crippen molar-refractivity contribution in [2.45, 2.75) is 65.9 Å². The second kappa shape index (κ2) is 6.70. The van der Waals surface area contributed by atoms with E-state index >= 15 is 0 Å². The Morgan fingerprint density at radius 3 is 2.06 bits per heavy atom. The van der Waals surface area contributed by atoms with Crippen LogP contribution in [0.2, 0.25) is 0 Å². The molecule has 0 aliphatic heterocycles. The van der Waals surface area contributed by atoms with Crippen LogP contribution < -0.4 is 0 Å². The van der Waals surface area contributed by atoms with Crippen LogP contribution in [0.25, 0.3) is 0 Å². The van der Waals surface area contributed by atoms with E-state index in [1.807, 2.05) is 0 Å². The van der Waals surface area contributed by atoms with Crippen LogP contribution in [0.4, 0.5) is 0 Å². The van der Waals surface area contributed by atoms with Crippen molar-refractivity contribution in [2.75, 3.05) is 0 Å². The Hall–Kier alpha value is -0.960. The van der Waals surface area contributed by atoms with E-state index < -0.39 is 6.10 Å². The fraction of sp³-hybridized carbons (Fsp3) is 0.714. The quantitative estimate of drug-likeness (QED) is 0.826. The summed E-state index contributed by atoms with van der Waals surface area (Å²) in [5.74, 6) is 0. The van der Waals surface area contributed by atoms with Crippen molar-refractivity contribution in [1.82, 2.24) is 10.2 Å². The van der Waals surface area contributed by atoms with Crippen LogP contribution in [0.5, 0.6) is 0 Å². The molecule has 0 bridgehead atoms. The van der Waals surface area contributed by atoms with Gasteiger partial charge in [0.15, 0.2) is 0 Å². The van der Waals surface area contributed by atoms with Crippen LogP contribution in [0.3, 0.4) is 0 Å². The third kappa shape index (κ3) is 3.25. The number of aryl methyl sites for hydroxylation is 1. The molecule has 0 spiro atoms. The highest BCUT2D eigenvalue weighted by atomic mass is 16.3. The second-order valence-electron chi connectivity index (χ2n) is 4.52. The molecule has 0 aromatic carbocycles. The van der Waals surface area contributed by atoms with Crippen molar-refractivity contribution in [3.8, 4) is 0 Å². The van der Waals surface area contributed by atoms with E-state index in [4.69, 9.17) is 0 Å². The SMILES string of the molecule is CCCc1c(CC)nnc(C(C)O)c1CCC. The van der Waals surface area contributed by atoms with E-state index in [0.717, 1.165) is 43.5 Å². The van der Waals surface area contributed by atoms with Gasteiger partial charge in [-0.3, -0.25) is 0 Å². The third-order valence-corrected chi connectivity index (χ3v) is 3.03. The molecule has 1 unspecified atom stereocenters. The highest BCUT2D eigenvalue weighted by Crippen LogP contribution is 2.23. The summed E-state index contributed by atoms with van der Waals surface area (Å²) in [5.41, 5.74) is 4.42. The van der Waals surface area contributed by atoms with Gasteiger partial charge < -0.3 is 5.11 Å². The van der Waals surface area contributed by atoms with Gasteiger partial charge in [0, 0.05) is 0 Å². The van der Waals surface area contributed by atoms with E-state index in [2.05, 4.69) is 31.0 Å². The monoisotopic (exact) mass is 236 g/mol. The van der Waals surface area contributed by atoms with Gasteiger partial charge >= 0.3 is 0 Å². The smallest absolute Gasteiger partial charge is 0.0953 e. The number of aromatic nitrogens is 2. The molecule has 0 radical (unpaired) electrons. The summed E-state index contributed by atoms with van der Waals surface area (Å²) >= 11 is 0. The van der Waals surface area contributed by atoms with Gasteiger partial charge in [-0.05, 0) is 37.3 Å². The zero-order valence-corrected chi connectivity index (χ0v) is 11.5. The molecule has 0 aliphatic rings. The van der Waals surface area contributed by atoms with Crippen molar-refractivity contribution in [3.05, 3.63) is 22.5 Å². The first-order chi connectivity index (χ1) is 8.15. The van der Waals surface area contributed by atoms with E-state index in [9.17, 15) is 5.11 Å². The van der Waals surface area contributed by atoms with Gasteiger partial charge in [-0.1, -0.05) is 33.6 Å². The minimum atomic E-state index is -0.523. The lowest BCUT2D eigenvalue weighted by atomic mass is 9.94. The number of hydrogen-bond donors (Lipinski definition) is 1. The predicted molar refractivity (Wildman–Crippen MR) is 70.0 cm³/mol. The molecule has 0 saturated carbocycles. The molecule has 0 saturated heterocycles. The molecule has 0 aliphatic carbocycles. The number of hydrogen-bond acceptors (Lipinski definition) is 3. The van der Waals surface area contributed by atoms with Gasteiger partial charge in [0.2, 0.25) is 0 Å². The molecule has 1 aromatic heterocycles. The number of aliphatic hydroxyl groups is 1. The normalized spacial score (nSPS) is 12.8. The molecule has 3 heteroatoms. The minimum Gasteiger partial charge on any atom is -0.387 e. The third-order valence-electron chi connectivity index (χ3n) is 3.03. The molecular weight excluding hydrogens is 212 g/mol. The largest absolute Gasteiger partial charge is 0.387 e. The summed E-state index contributed by atoms with van der Waals surface area (Å²) in [6.07, 6.45) is 4.59. The number of rotatable bonds is 6. The summed E-state index contributed by atoms with van der Waals surface area (Å²) in [7, 11) is 0. The number of aliphatic hydroxyl groups excluding tert-OH is 1. The lowest BCUT2D eigenvalue weighted by Gasteiger charge is -2.17. The van der Waals surface area contributed by atoms with Crippen molar-refractivity contribution < 1.29 is 5.11 Å². The summed E-state index contributed by atoms with van der Waals surface area (Å²) in [6, 6.07) is 0. The highest BCUT2D eigenvalue weighted by Gasteiger charge is 2.17. The maximum Gasteiger partial charge on any atom is 0.0953 e. The average Bonchev–Trinajstić information content (AvgIpc) is 2.31. The van der Waals surface area contributed by atoms with Crippen LogP contribution >= 0.6 is 0 Å². The fourth-order valence-electron chi connectivity index (χ4n) is 2.26.